The smallest absolute Gasteiger partial charge is 0.250 e. The Hall–Kier alpha value is -3.33. The fourth-order valence-electron chi connectivity index (χ4n) is 5.55. The van der Waals surface area contributed by atoms with Crippen LogP contribution in [0.3, 0.4) is 0 Å². The van der Waals surface area contributed by atoms with Crippen molar-refractivity contribution in [2.75, 3.05) is 11.9 Å². The molecular formula is C26H29F2N5O2. The van der Waals surface area contributed by atoms with Gasteiger partial charge in [0, 0.05) is 48.6 Å². The molecule has 0 spiro atoms. The van der Waals surface area contributed by atoms with Gasteiger partial charge in [-0.05, 0) is 56.9 Å². The number of alkyl halides is 1. The van der Waals surface area contributed by atoms with E-state index in [9.17, 15) is 14.3 Å². The van der Waals surface area contributed by atoms with Gasteiger partial charge in [-0.15, -0.1) is 0 Å². The minimum atomic E-state index is -1.06. The first-order chi connectivity index (χ1) is 16.5. The second-order valence-electron chi connectivity index (χ2n) is 10.4. The molecule has 2 fully saturated rings. The van der Waals surface area contributed by atoms with E-state index in [0.717, 1.165) is 12.8 Å². The van der Waals surface area contributed by atoms with Gasteiger partial charge in [-0.2, -0.15) is 0 Å². The van der Waals surface area contributed by atoms with Crippen LogP contribution in [0.1, 0.15) is 33.1 Å². The van der Waals surface area contributed by atoms with Crippen molar-refractivity contribution in [3.63, 3.8) is 0 Å². The van der Waals surface area contributed by atoms with Crippen LogP contribution in [-0.2, 0) is 7.05 Å². The zero-order valence-electron chi connectivity index (χ0n) is 20.2. The van der Waals surface area contributed by atoms with Crippen LogP contribution in [0.15, 0.2) is 47.7 Å². The van der Waals surface area contributed by atoms with Gasteiger partial charge < -0.3 is 19.9 Å². The number of hydrogen-bond acceptors (Lipinski definition) is 6. The molecule has 3 aromatic rings. The molecule has 2 aliphatic rings. The maximum absolute atomic E-state index is 15.4. The summed E-state index contributed by atoms with van der Waals surface area (Å²) < 4.78 is 31.8. The summed E-state index contributed by atoms with van der Waals surface area (Å²) in [6.07, 6.45) is 5.81. The highest BCUT2D eigenvalue weighted by atomic mass is 19.1. The summed E-state index contributed by atoms with van der Waals surface area (Å²) in [5.41, 5.74) is -0.00337. The van der Waals surface area contributed by atoms with Gasteiger partial charge in [0.1, 0.15) is 23.6 Å². The molecule has 1 aromatic carbocycles. The highest BCUT2D eigenvalue weighted by molar-refractivity contribution is 5.74. The van der Waals surface area contributed by atoms with Crippen LogP contribution in [0.5, 0.6) is 5.75 Å². The lowest BCUT2D eigenvalue weighted by molar-refractivity contribution is 0.0859. The number of pyridine rings is 1. The molecule has 4 heterocycles. The standard InChI is InChI=1S/C26H29F2N5O2/c1-25-6-7-26(2,31-25)24(28)20(12-25)33(4)22-14-29-19(13-30-22)17-10-18(27)16(11-21(17)34)15-5-8-32(3)23(35)9-15/h5,8-11,13-14,20,24,31,34H,6-7,12H2,1-4H3/t20-,24-,25-,26+/m0/s1. The minimum absolute atomic E-state index is 0.113. The number of anilines is 1. The van der Waals surface area contributed by atoms with Crippen molar-refractivity contribution in [1.82, 2.24) is 19.9 Å². The Morgan fingerprint density at radius 3 is 2.63 bits per heavy atom. The molecule has 2 N–H and O–H groups in total. The number of aromatic hydroxyl groups is 1. The van der Waals surface area contributed by atoms with Crippen molar-refractivity contribution in [2.45, 2.75) is 56.4 Å². The van der Waals surface area contributed by atoms with E-state index in [1.165, 1.54) is 35.2 Å². The summed E-state index contributed by atoms with van der Waals surface area (Å²) >= 11 is 0. The molecule has 5 rings (SSSR count). The zero-order chi connectivity index (χ0) is 25.1. The number of rotatable bonds is 4. The van der Waals surface area contributed by atoms with E-state index in [2.05, 4.69) is 22.2 Å². The predicted octanol–water partition coefficient (Wildman–Crippen LogP) is 3.80. The summed E-state index contributed by atoms with van der Waals surface area (Å²) in [5.74, 6) is -0.273. The van der Waals surface area contributed by atoms with Crippen molar-refractivity contribution in [3.8, 4) is 28.1 Å². The first-order valence-electron chi connectivity index (χ1n) is 11.7. The van der Waals surface area contributed by atoms with E-state index in [1.807, 2.05) is 18.9 Å². The Kier molecular flexibility index (Phi) is 5.43. The normalized spacial score (nSPS) is 27.7. The number of nitrogens with zero attached hydrogens (tertiary/aromatic N) is 4. The van der Waals surface area contributed by atoms with Crippen LogP contribution >= 0.6 is 0 Å². The van der Waals surface area contributed by atoms with E-state index < -0.39 is 17.5 Å². The molecule has 4 atom stereocenters. The van der Waals surface area contributed by atoms with Crippen LogP contribution < -0.4 is 15.8 Å². The highest BCUT2D eigenvalue weighted by Gasteiger charge is 2.56. The molecule has 184 valence electrons. The third-order valence-corrected chi connectivity index (χ3v) is 7.66. The molecule has 2 aliphatic heterocycles. The maximum Gasteiger partial charge on any atom is 0.250 e. The molecule has 0 radical (unpaired) electrons. The number of nitrogens with one attached hydrogen (secondary N) is 1. The number of aromatic nitrogens is 3. The van der Waals surface area contributed by atoms with Crippen molar-refractivity contribution in [1.29, 1.82) is 0 Å². The Balaban J connectivity index is 1.41. The number of piperidine rings is 1. The minimum Gasteiger partial charge on any atom is -0.507 e. The molecule has 7 nitrogen and oxygen atoms in total. The molecule has 0 aliphatic carbocycles. The first-order valence-corrected chi connectivity index (χ1v) is 11.7. The summed E-state index contributed by atoms with van der Waals surface area (Å²) in [5, 5.41) is 14.1. The van der Waals surface area contributed by atoms with E-state index >= 15 is 4.39 Å². The van der Waals surface area contributed by atoms with Gasteiger partial charge in [-0.1, -0.05) is 0 Å². The molecule has 35 heavy (non-hydrogen) atoms. The Bertz CT molecular complexity index is 1340. The molecule has 0 amide bonds. The summed E-state index contributed by atoms with van der Waals surface area (Å²) in [6, 6.07) is 5.03. The average molecular weight is 482 g/mol. The number of aryl methyl sites for hydroxylation is 1. The summed E-state index contributed by atoms with van der Waals surface area (Å²) in [7, 11) is 3.42. The molecule has 2 bridgehead atoms. The number of benzene rings is 1. The fourth-order valence-corrected chi connectivity index (χ4v) is 5.55. The Morgan fingerprint density at radius 2 is 1.94 bits per heavy atom. The lowest BCUT2D eigenvalue weighted by atomic mass is 9.82. The van der Waals surface area contributed by atoms with Crippen LogP contribution in [0.2, 0.25) is 0 Å². The van der Waals surface area contributed by atoms with Crippen molar-refractivity contribution < 1.29 is 13.9 Å². The van der Waals surface area contributed by atoms with E-state index in [0.29, 0.717) is 17.8 Å². The van der Waals surface area contributed by atoms with Gasteiger partial charge in [-0.3, -0.25) is 9.78 Å². The number of phenolic OH excluding ortho intramolecular Hbond substituents is 1. The van der Waals surface area contributed by atoms with E-state index in [1.54, 1.807) is 19.3 Å². The van der Waals surface area contributed by atoms with Gasteiger partial charge in [0.05, 0.1) is 24.1 Å². The number of phenols is 1. The van der Waals surface area contributed by atoms with E-state index in [-0.39, 0.29) is 39.7 Å². The molecule has 2 aromatic heterocycles. The highest BCUT2D eigenvalue weighted by Crippen LogP contribution is 2.45. The summed E-state index contributed by atoms with van der Waals surface area (Å²) in [4.78, 5) is 22.6. The van der Waals surface area contributed by atoms with Crippen LogP contribution in [0, 0.1) is 5.82 Å². The Labute approximate surface area is 202 Å². The zero-order valence-corrected chi connectivity index (χ0v) is 20.2. The van der Waals surface area contributed by atoms with Gasteiger partial charge in [0.25, 0.3) is 5.56 Å². The Morgan fingerprint density at radius 1 is 1.17 bits per heavy atom. The SMILES string of the molecule is CN(c1cnc(-c2cc(F)c(-c3ccn(C)c(=O)c3)cc2O)cn1)[C@H]1C[C@]2(C)CC[C@@](C)(N2)[C@H]1F. The molecular weight excluding hydrogens is 452 g/mol. The quantitative estimate of drug-likeness (QED) is 0.590. The predicted molar refractivity (Wildman–Crippen MR) is 131 cm³/mol. The summed E-state index contributed by atoms with van der Waals surface area (Å²) in [6.45, 7) is 4.07. The van der Waals surface area contributed by atoms with Gasteiger partial charge in [-0.25, -0.2) is 13.8 Å². The van der Waals surface area contributed by atoms with Gasteiger partial charge in [0.15, 0.2) is 0 Å². The van der Waals surface area contributed by atoms with Crippen molar-refractivity contribution in [3.05, 3.63) is 59.0 Å². The first kappa shape index (κ1) is 23.4. The second-order valence-corrected chi connectivity index (χ2v) is 10.4. The maximum atomic E-state index is 15.4. The van der Waals surface area contributed by atoms with E-state index in [4.69, 9.17) is 0 Å². The van der Waals surface area contributed by atoms with Crippen molar-refractivity contribution >= 4 is 5.82 Å². The molecule has 9 heteroatoms. The average Bonchev–Trinajstić information content (AvgIpc) is 3.11. The second kappa shape index (κ2) is 8.12. The van der Waals surface area contributed by atoms with Crippen molar-refractivity contribution in [2.24, 2.45) is 7.05 Å². The number of halogens is 2. The van der Waals surface area contributed by atoms with Crippen LogP contribution in [0.4, 0.5) is 14.6 Å². The van der Waals surface area contributed by atoms with Gasteiger partial charge in [0.2, 0.25) is 0 Å². The third kappa shape index (κ3) is 3.97. The number of fused-ring (bicyclic) bond motifs is 2. The lowest BCUT2D eigenvalue weighted by Crippen LogP contribution is -2.65. The van der Waals surface area contributed by atoms with Crippen LogP contribution in [-0.4, -0.2) is 50.0 Å². The largest absolute Gasteiger partial charge is 0.507 e. The van der Waals surface area contributed by atoms with Crippen LogP contribution in [0.25, 0.3) is 22.4 Å². The molecule has 2 saturated heterocycles. The van der Waals surface area contributed by atoms with Gasteiger partial charge >= 0.3 is 0 Å². The lowest BCUT2D eigenvalue weighted by Gasteiger charge is -2.47. The molecule has 0 unspecified atom stereocenters. The monoisotopic (exact) mass is 481 g/mol. The topological polar surface area (TPSA) is 83.3 Å². The fraction of sp³-hybridized carbons (Fsp3) is 0.423. The third-order valence-electron chi connectivity index (χ3n) is 7.66. The number of hydrogen-bond donors (Lipinski definition) is 2. The molecule has 0 saturated carbocycles.